The van der Waals surface area contributed by atoms with Gasteiger partial charge in [-0.2, -0.15) is 5.10 Å². The molecule has 0 saturated heterocycles. The first-order valence-corrected chi connectivity index (χ1v) is 5.18. The van der Waals surface area contributed by atoms with Crippen molar-refractivity contribution in [2.45, 2.75) is 44.1 Å². The fourth-order valence-corrected chi connectivity index (χ4v) is 2.34. The maximum Gasteiger partial charge on any atom is 0.0703 e. The Labute approximate surface area is 77.7 Å². The Hall–Kier alpha value is -0.830. The van der Waals surface area contributed by atoms with Crippen LogP contribution >= 0.6 is 0 Å². The van der Waals surface area contributed by atoms with E-state index in [9.17, 15) is 0 Å². The first-order valence-electron chi connectivity index (χ1n) is 5.18. The van der Waals surface area contributed by atoms with Crippen LogP contribution in [0.4, 0.5) is 0 Å². The van der Waals surface area contributed by atoms with E-state index in [-0.39, 0.29) is 0 Å². The number of H-pyrrole nitrogens is 1. The van der Waals surface area contributed by atoms with E-state index in [0.29, 0.717) is 12.0 Å². The van der Waals surface area contributed by atoms with E-state index in [1.165, 1.54) is 42.6 Å². The molecule has 0 amide bonds. The molecule has 0 radical (unpaired) electrons. The highest BCUT2D eigenvalue weighted by Gasteiger charge is 2.39. The Kier molecular flexibility index (Phi) is 1.50. The summed E-state index contributed by atoms with van der Waals surface area (Å²) in [7, 11) is 0. The minimum absolute atomic E-state index is 0.384. The average molecular weight is 177 g/mol. The van der Waals surface area contributed by atoms with Gasteiger partial charge in [-0.15, -0.1) is 0 Å². The molecule has 3 rings (SSSR count). The van der Waals surface area contributed by atoms with Gasteiger partial charge in [0.25, 0.3) is 0 Å². The van der Waals surface area contributed by atoms with Crippen LogP contribution in [0.5, 0.6) is 0 Å². The maximum absolute atomic E-state index is 5.84. The van der Waals surface area contributed by atoms with E-state index in [0.717, 1.165) is 6.42 Å². The number of fused-ring (bicyclic) bond motifs is 1. The lowest BCUT2D eigenvalue weighted by Gasteiger charge is -2.10. The van der Waals surface area contributed by atoms with Crippen LogP contribution in [0.1, 0.15) is 42.1 Å². The molecule has 2 aliphatic carbocycles. The highest BCUT2D eigenvalue weighted by molar-refractivity contribution is 5.34. The van der Waals surface area contributed by atoms with Crippen molar-refractivity contribution < 1.29 is 0 Å². The molecule has 1 saturated carbocycles. The summed E-state index contributed by atoms with van der Waals surface area (Å²) >= 11 is 0. The van der Waals surface area contributed by atoms with Gasteiger partial charge in [-0.1, -0.05) is 0 Å². The number of nitrogens with one attached hydrogen (secondary N) is 1. The molecular weight excluding hydrogens is 162 g/mol. The summed E-state index contributed by atoms with van der Waals surface area (Å²) in [5, 5.41) is 7.57. The standard InChI is InChI=1S/C10H15N3/c11-8-5-7(8)10-6-3-1-2-4-9(6)12-13-10/h7-8H,1-5,11H2,(H,12,13). The SMILES string of the molecule is NC1CC1c1n[nH]c2c1CCCC2. The quantitative estimate of drug-likeness (QED) is 0.675. The van der Waals surface area contributed by atoms with Gasteiger partial charge in [0.05, 0.1) is 5.69 Å². The molecule has 3 nitrogen and oxygen atoms in total. The normalized spacial score (nSPS) is 31.5. The first-order chi connectivity index (χ1) is 6.36. The number of aromatic nitrogens is 2. The van der Waals surface area contributed by atoms with Gasteiger partial charge in [-0.3, -0.25) is 5.10 Å². The second-order valence-corrected chi connectivity index (χ2v) is 4.28. The molecule has 3 N–H and O–H groups in total. The van der Waals surface area contributed by atoms with Gasteiger partial charge in [-0.25, -0.2) is 0 Å². The molecule has 0 spiro atoms. The molecule has 70 valence electrons. The van der Waals surface area contributed by atoms with E-state index in [1.54, 1.807) is 0 Å². The number of nitrogens with two attached hydrogens (primary N) is 1. The van der Waals surface area contributed by atoms with E-state index in [4.69, 9.17) is 5.73 Å². The number of hydrogen-bond donors (Lipinski definition) is 2. The Morgan fingerprint density at radius 3 is 2.85 bits per heavy atom. The fraction of sp³-hybridized carbons (Fsp3) is 0.700. The fourth-order valence-electron chi connectivity index (χ4n) is 2.34. The van der Waals surface area contributed by atoms with Crippen molar-refractivity contribution in [3.63, 3.8) is 0 Å². The molecule has 2 atom stereocenters. The summed E-state index contributed by atoms with van der Waals surface area (Å²) in [5.41, 5.74) is 9.98. The third kappa shape index (κ3) is 1.10. The Morgan fingerprint density at radius 1 is 1.31 bits per heavy atom. The molecule has 1 fully saturated rings. The lowest BCUT2D eigenvalue weighted by Crippen LogP contribution is -2.05. The van der Waals surface area contributed by atoms with E-state index < -0.39 is 0 Å². The first kappa shape index (κ1) is 7.56. The molecule has 0 bridgehead atoms. The van der Waals surface area contributed by atoms with Crippen molar-refractivity contribution in [1.82, 2.24) is 10.2 Å². The highest BCUT2D eigenvalue weighted by Crippen LogP contribution is 2.41. The van der Waals surface area contributed by atoms with Gasteiger partial charge in [-0.05, 0) is 37.7 Å². The molecule has 13 heavy (non-hydrogen) atoms. The van der Waals surface area contributed by atoms with E-state index in [1.807, 2.05) is 0 Å². The predicted molar refractivity (Wildman–Crippen MR) is 50.6 cm³/mol. The Bertz CT molecular complexity index is 329. The van der Waals surface area contributed by atoms with Crippen LogP contribution in [0.25, 0.3) is 0 Å². The Morgan fingerprint density at radius 2 is 2.08 bits per heavy atom. The zero-order valence-electron chi connectivity index (χ0n) is 7.71. The van der Waals surface area contributed by atoms with Crippen molar-refractivity contribution in [2.24, 2.45) is 5.73 Å². The summed E-state index contributed by atoms with van der Waals surface area (Å²) in [6, 6.07) is 0.384. The van der Waals surface area contributed by atoms with Gasteiger partial charge < -0.3 is 5.73 Å². The van der Waals surface area contributed by atoms with Gasteiger partial charge in [0, 0.05) is 17.7 Å². The number of rotatable bonds is 1. The van der Waals surface area contributed by atoms with Crippen molar-refractivity contribution in [3.8, 4) is 0 Å². The minimum atomic E-state index is 0.384. The predicted octanol–water partition coefficient (Wildman–Crippen LogP) is 1.10. The molecular formula is C10H15N3. The largest absolute Gasteiger partial charge is 0.327 e. The number of aromatic amines is 1. The second kappa shape index (κ2) is 2.58. The van der Waals surface area contributed by atoms with Crippen molar-refractivity contribution in [3.05, 3.63) is 17.0 Å². The topological polar surface area (TPSA) is 54.7 Å². The summed E-state index contributed by atoms with van der Waals surface area (Å²) in [4.78, 5) is 0. The number of aryl methyl sites for hydroxylation is 1. The van der Waals surface area contributed by atoms with Gasteiger partial charge in [0.1, 0.15) is 0 Å². The maximum atomic E-state index is 5.84. The van der Waals surface area contributed by atoms with Crippen LogP contribution in [0.3, 0.4) is 0 Å². The average Bonchev–Trinajstić information content (AvgIpc) is 2.74. The van der Waals surface area contributed by atoms with Crippen LogP contribution in [0, 0.1) is 0 Å². The molecule has 1 heterocycles. The molecule has 0 aromatic carbocycles. The Balaban J connectivity index is 1.97. The van der Waals surface area contributed by atoms with Gasteiger partial charge >= 0.3 is 0 Å². The summed E-state index contributed by atoms with van der Waals surface area (Å²) in [6.45, 7) is 0. The third-order valence-corrected chi connectivity index (χ3v) is 3.28. The highest BCUT2D eigenvalue weighted by atomic mass is 15.1. The minimum Gasteiger partial charge on any atom is -0.327 e. The molecule has 1 aromatic rings. The lowest BCUT2D eigenvalue weighted by molar-refractivity contribution is 0.672. The third-order valence-electron chi connectivity index (χ3n) is 3.28. The zero-order chi connectivity index (χ0) is 8.84. The summed E-state index contributed by atoms with van der Waals surface area (Å²) in [6.07, 6.45) is 6.17. The monoisotopic (exact) mass is 177 g/mol. The number of hydrogen-bond acceptors (Lipinski definition) is 2. The molecule has 0 aliphatic heterocycles. The van der Waals surface area contributed by atoms with Gasteiger partial charge in [0.2, 0.25) is 0 Å². The van der Waals surface area contributed by atoms with Gasteiger partial charge in [0.15, 0.2) is 0 Å². The zero-order valence-corrected chi connectivity index (χ0v) is 7.71. The molecule has 2 aliphatic rings. The van der Waals surface area contributed by atoms with Crippen LogP contribution in [0.2, 0.25) is 0 Å². The lowest BCUT2D eigenvalue weighted by atomic mass is 9.94. The van der Waals surface area contributed by atoms with Crippen LogP contribution in [-0.2, 0) is 12.8 Å². The smallest absolute Gasteiger partial charge is 0.0703 e. The summed E-state index contributed by atoms with van der Waals surface area (Å²) in [5.74, 6) is 0.568. The van der Waals surface area contributed by atoms with E-state index in [2.05, 4.69) is 10.2 Å². The van der Waals surface area contributed by atoms with Crippen LogP contribution < -0.4 is 5.73 Å². The van der Waals surface area contributed by atoms with Crippen molar-refractivity contribution in [2.75, 3.05) is 0 Å². The second-order valence-electron chi connectivity index (χ2n) is 4.28. The van der Waals surface area contributed by atoms with Crippen molar-refractivity contribution >= 4 is 0 Å². The van der Waals surface area contributed by atoms with Crippen LogP contribution in [-0.4, -0.2) is 16.2 Å². The summed E-state index contributed by atoms with van der Waals surface area (Å²) < 4.78 is 0. The van der Waals surface area contributed by atoms with E-state index >= 15 is 0 Å². The van der Waals surface area contributed by atoms with Crippen LogP contribution in [0.15, 0.2) is 0 Å². The molecule has 1 aromatic heterocycles. The molecule has 2 unspecified atom stereocenters. The number of nitrogens with zero attached hydrogens (tertiary/aromatic N) is 1. The van der Waals surface area contributed by atoms with Crippen molar-refractivity contribution in [1.29, 1.82) is 0 Å². The molecule has 3 heteroatoms.